The molecule has 6 rings (SSSR count). The highest BCUT2D eigenvalue weighted by Gasteiger charge is 2.15. The lowest BCUT2D eigenvalue weighted by Crippen LogP contribution is -2.10. The van der Waals surface area contributed by atoms with E-state index in [1.54, 1.807) is 0 Å². The van der Waals surface area contributed by atoms with Crippen molar-refractivity contribution in [2.75, 3.05) is 9.80 Å². The Balaban J connectivity index is 1.33. The zero-order valence-electron chi connectivity index (χ0n) is 24.6. The Morgan fingerprint density at radius 2 is 0.705 bits per heavy atom. The maximum Gasteiger partial charge on any atom is 0.0991 e. The predicted octanol–water partition coefficient (Wildman–Crippen LogP) is 10.7. The standard InChI is InChI=1S/C40H30N4/c1-29-5-3-7-39(25-29)43(35-17-9-31(27-41)10-18-35)37-21-13-33(14-22-37)34-15-23-38(24-16-34)44(40-8-4-6-30(2)26-40)36-19-11-32(28-42)12-20-36/h3-26H,1-2H3. The van der Waals surface area contributed by atoms with Gasteiger partial charge in [0.2, 0.25) is 0 Å². The smallest absolute Gasteiger partial charge is 0.0991 e. The van der Waals surface area contributed by atoms with Crippen molar-refractivity contribution >= 4 is 34.1 Å². The molecular weight excluding hydrogens is 536 g/mol. The van der Waals surface area contributed by atoms with E-state index in [9.17, 15) is 10.5 Å². The third-order valence-corrected chi connectivity index (χ3v) is 7.61. The van der Waals surface area contributed by atoms with E-state index in [0.717, 1.165) is 45.3 Å². The molecule has 0 aliphatic carbocycles. The van der Waals surface area contributed by atoms with Crippen LogP contribution >= 0.6 is 0 Å². The monoisotopic (exact) mass is 566 g/mol. The fourth-order valence-electron chi connectivity index (χ4n) is 5.40. The van der Waals surface area contributed by atoms with Crippen molar-refractivity contribution in [3.05, 3.63) is 168 Å². The Morgan fingerprint density at radius 1 is 0.386 bits per heavy atom. The molecule has 0 atom stereocenters. The van der Waals surface area contributed by atoms with Crippen LogP contribution < -0.4 is 9.80 Å². The summed E-state index contributed by atoms with van der Waals surface area (Å²) in [7, 11) is 0. The van der Waals surface area contributed by atoms with E-state index in [1.165, 1.54) is 11.1 Å². The molecular formula is C40H30N4. The maximum atomic E-state index is 9.29. The number of nitrogens with zero attached hydrogens (tertiary/aromatic N) is 4. The molecule has 6 aromatic carbocycles. The molecule has 0 spiro atoms. The van der Waals surface area contributed by atoms with Gasteiger partial charge in [0.05, 0.1) is 23.3 Å². The first kappa shape index (κ1) is 28.0. The average Bonchev–Trinajstić information content (AvgIpc) is 3.06. The molecule has 0 heterocycles. The van der Waals surface area contributed by atoms with E-state index >= 15 is 0 Å². The van der Waals surface area contributed by atoms with Crippen molar-refractivity contribution in [3.63, 3.8) is 0 Å². The molecule has 210 valence electrons. The molecule has 0 aliphatic rings. The van der Waals surface area contributed by atoms with Crippen LogP contribution in [0.5, 0.6) is 0 Å². The summed E-state index contributed by atoms with van der Waals surface area (Å²) in [4.78, 5) is 4.41. The summed E-state index contributed by atoms with van der Waals surface area (Å²) < 4.78 is 0. The van der Waals surface area contributed by atoms with Crippen molar-refractivity contribution < 1.29 is 0 Å². The first-order valence-corrected chi connectivity index (χ1v) is 14.5. The first-order valence-electron chi connectivity index (χ1n) is 14.5. The van der Waals surface area contributed by atoms with E-state index in [0.29, 0.717) is 11.1 Å². The number of aryl methyl sites for hydroxylation is 2. The average molecular weight is 567 g/mol. The van der Waals surface area contributed by atoms with Crippen molar-refractivity contribution in [3.8, 4) is 23.3 Å². The summed E-state index contributed by atoms with van der Waals surface area (Å²) in [5.74, 6) is 0. The van der Waals surface area contributed by atoms with Gasteiger partial charge in [-0.3, -0.25) is 0 Å². The Hall–Kier alpha value is -6.10. The third kappa shape index (κ3) is 5.93. The SMILES string of the molecule is Cc1cccc(N(c2ccc(C#N)cc2)c2ccc(-c3ccc(N(c4ccc(C#N)cc4)c4cccc(C)c4)cc3)cc2)c1. The Bertz CT molecular complexity index is 1830. The number of anilines is 6. The highest BCUT2D eigenvalue weighted by Crippen LogP contribution is 2.38. The molecule has 0 aliphatic heterocycles. The van der Waals surface area contributed by atoms with Gasteiger partial charge in [-0.15, -0.1) is 0 Å². The van der Waals surface area contributed by atoms with Crippen molar-refractivity contribution in [2.24, 2.45) is 0 Å². The minimum Gasteiger partial charge on any atom is -0.310 e. The summed E-state index contributed by atoms with van der Waals surface area (Å²) in [5, 5.41) is 18.6. The van der Waals surface area contributed by atoms with Gasteiger partial charge in [0.25, 0.3) is 0 Å². The van der Waals surface area contributed by atoms with E-state index in [4.69, 9.17) is 0 Å². The second-order valence-corrected chi connectivity index (χ2v) is 10.8. The number of hydrogen-bond acceptors (Lipinski definition) is 4. The second-order valence-electron chi connectivity index (χ2n) is 10.8. The minimum atomic E-state index is 0.636. The van der Waals surface area contributed by atoms with Crippen molar-refractivity contribution in [2.45, 2.75) is 13.8 Å². The lowest BCUT2D eigenvalue weighted by molar-refractivity contribution is 1.26. The van der Waals surface area contributed by atoms with Gasteiger partial charge in [-0.1, -0.05) is 48.5 Å². The molecule has 0 fully saturated rings. The van der Waals surface area contributed by atoms with E-state index in [2.05, 4.69) is 133 Å². The lowest BCUT2D eigenvalue weighted by atomic mass is 10.0. The van der Waals surface area contributed by atoms with Crippen LogP contribution in [-0.2, 0) is 0 Å². The van der Waals surface area contributed by atoms with Crippen LogP contribution in [0, 0.1) is 36.5 Å². The molecule has 0 saturated carbocycles. The van der Waals surface area contributed by atoms with Gasteiger partial charge in [0, 0.05) is 34.1 Å². The molecule has 6 aromatic rings. The predicted molar refractivity (Wildman–Crippen MR) is 180 cm³/mol. The summed E-state index contributed by atoms with van der Waals surface area (Å²) in [6.45, 7) is 4.18. The molecule has 44 heavy (non-hydrogen) atoms. The van der Waals surface area contributed by atoms with E-state index < -0.39 is 0 Å². The molecule has 4 nitrogen and oxygen atoms in total. The van der Waals surface area contributed by atoms with Gasteiger partial charge in [-0.2, -0.15) is 10.5 Å². The van der Waals surface area contributed by atoms with Crippen molar-refractivity contribution in [1.82, 2.24) is 0 Å². The summed E-state index contributed by atoms with van der Waals surface area (Å²) in [5.41, 5.74) is 12.0. The van der Waals surface area contributed by atoms with Gasteiger partial charge in [0.15, 0.2) is 0 Å². The second kappa shape index (κ2) is 12.4. The summed E-state index contributed by atoms with van der Waals surface area (Å²) >= 11 is 0. The van der Waals surface area contributed by atoms with Crippen LogP contribution in [-0.4, -0.2) is 0 Å². The Morgan fingerprint density at radius 3 is 1.00 bits per heavy atom. The molecule has 0 saturated heterocycles. The minimum absolute atomic E-state index is 0.636. The van der Waals surface area contributed by atoms with Crippen molar-refractivity contribution in [1.29, 1.82) is 10.5 Å². The zero-order chi connectivity index (χ0) is 30.5. The van der Waals surface area contributed by atoms with Crippen LogP contribution in [0.2, 0.25) is 0 Å². The van der Waals surface area contributed by atoms with Crippen LogP contribution in [0.15, 0.2) is 146 Å². The normalized spacial score (nSPS) is 10.5. The molecule has 0 unspecified atom stereocenters. The number of hydrogen-bond donors (Lipinski definition) is 0. The van der Waals surface area contributed by atoms with Gasteiger partial charge in [0.1, 0.15) is 0 Å². The molecule has 0 amide bonds. The molecule has 0 bridgehead atoms. The van der Waals surface area contributed by atoms with Gasteiger partial charge >= 0.3 is 0 Å². The zero-order valence-corrected chi connectivity index (χ0v) is 24.6. The van der Waals surface area contributed by atoms with Crippen LogP contribution in [0.25, 0.3) is 11.1 Å². The lowest BCUT2D eigenvalue weighted by Gasteiger charge is -2.26. The van der Waals surface area contributed by atoms with E-state index in [-0.39, 0.29) is 0 Å². The largest absolute Gasteiger partial charge is 0.310 e. The number of benzene rings is 6. The third-order valence-electron chi connectivity index (χ3n) is 7.61. The van der Waals surface area contributed by atoms with Gasteiger partial charge < -0.3 is 9.80 Å². The Labute approximate surface area is 258 Å². The van der Waals surface area contributed by atoms with Gasteiger partial charge in [-0.25, -0.2) is 0 Å². The number of nitriles is 2. The first-order chi connectivity index (χ1) is 21.5. The fourth-order valence-corrected chi connectivity index (χ4v) is 5.40. The van der Waals surface area contributed by atoms with Gasteiger partial charge in [-0.05, 0) is 133 Å². The summed E-state index contributed by atoms with van der Waals surface area (Å²) in [6, 6.07) is 53.8. The van der Waals surface area contributed by atoms with Crippen LogP contribution in [0.4, 0.5) is 34.1 Å². The van der Waals surface area contributed by atoms with Crippen LogP contribution in [0.1, 0.15) is 22.3 Å². The highest BCUT2D eigenvalue weighted by atomic mass is 15.1. The Kier molecular flexibility index (Phi) is 7.91. The molecule has 0 N–H and O–H groups in total. The van der Waals surface area contributed by atoms with E-state index in [1.807, 2.05) is 48.5 Å². The molecule has 4 heteroatoms. The summed E-state index contributed by atoms with van der Waals surface area (Å²) in [6.07, 6.45) is 0. The van der Waals surface area contributed by atoms with Crippen LogP contribution in [0.3, 0.4) is 0 Å². The quantitative estimate of drug-likeness (QED) is 0.193. The topological polar surface area (TPSA) is 54.1 Å². The highest BCUT2D eigenvalue weighted by molar-refractivity contribution is 5.81. The fraction of sp³-hybridized carbons (Fsp3) is 0.0500. The maximum absolute atomic E-state index is 9.29. The molecule has 0 aromatic heterocycles. The number of rotatable bonds is 7. The molecule has 0 radical (unpaired) electrons.